The highest BCUT2D eigenvalue weighted by atomic mass is 19.1. The molecule has 0 aromatic heterocycles. The molecule has 0 bridgehead atoms. The van der Waals surface area contributed by atoms with Gasteiger partial charge in [-0.3, -0.25) is 9.59 Å². The number of rotatable bonds is 6. The monoisotopic (exact) mass is 384 g/mol. The summed E-state index contributed by atoms with van der Waals surface area (Å²) >= 11 is 0. The van der Waals surface area contributed by atoms with Crippen molar-refractivity contribution in [2.75, 3.05) is 25.1 Å². The van der Waals surface area contributed by atoms with E-state index in [9.17, 15) is 14.0 Å². The van der Waals surface area contributed by atoms with E-state index in [0.29, 0.717) is 23.5 Å². The van der Waals surface area contributed by atoms with Crippen molar-refractivity contribution in [1.29, 1.82) is 0 Å². The molecule has 5 nitrogen and oxygen atoms in total. The van der Waals surface area contributed by atoms with Crippen molar-refractivity contribution in [2.24, 2.45) is 5.92 Å². The number of anilines is 1. The number of nitrogens with zero attached hydrogens (tertiary/aromatic N) is 1. The second kappa shape index (κ2) is 8.00. The van der Waals surface area contributed by atoms with E-state index >= 15 is 0 Å². The molecule has 1 fully saturated rings. The van der Waals surface area contributed by atoms with Crippen LogP contribution in [0.15, 0.2) is 48.5 Å². The molecule has 0 saturated carbocycles. The van der Waals surface area contributed by atoms with Gasteiger partial charge in [-0.15, -0.1) is 0 Å². The molecule has 1 atom stereocenters. The number of hydrogen-bond acceptors (Lipinski definition) is 3. The Labute approximate surface area is 164 Å². The second-order valence-electron chi connectivity index (χ2n) is 7.66. The lowest BCUT2D eigenvalue weighted by molar-refractivity contribution is -0.126. The average molecular weight is 384 g/mol. The van der Waals surface area contributed by atoms with Gasteiger partial charge in [-0.25, -0.2) is 4.39 Å². The van der Waals surface area contributed by atoms with Gasteiger partial charge >= 0.3 is 0 Å². The minimum Gasteiger partial charge on any atom is -0.495 e. The largest absolute Gasteiger partial charge is 0.495 e. The van der Waals surface area contributed by atoms with Crippen LogP contribution < -0.4 is 15.0 Å². The molecule has 148 valence electrons. The first kappa shape index (κ1) is 19.9. The molecular weight excluding hydrogens is 359 g/mol. The maximum atomic E-state index is 14.1. The molecule has 3 rings (SSSR count). The van der Waals surface area contributed by atoms with Crippen LogP contribution in [0.5, 0.6) is 5.75 Å². The SMILES string of the molecule is COc1ccccc1N1CC(C(=O)NCC(C)(C)c2ccccc2F)CC1=O. The van der Waals surface area contributed by atoms with Crippen LogP contribution in [0.25, 0.3) is 0 Å². The van der Waals surface area contributed by atoms with Crippen LogP contribution in [0.3, 0.4) is 0 Å². The normalized spacial score (nSPS) is 16.9. The number of amides is 2. The average Bonchev–Trinajstić information content (AvgIpc) is 3.08. The van der Waals surface area contributed by atoms with E-state index in [0.717, 1.165) is 0 Å². The van der Waals surface area contributed by atoms with Gasteiger partial charge in [-0.2, -0.15) is 0 Å². The fraction of sp³-hybridized carbons (Fsp3) is 0.364. The van der Waals surface area contributed by atoms with Crippen molar-refractivity contribution in [3.8, 4) is 5.75 Å². The van der Waals surface area contributed by atoms with Crippen molar-refractivity contribution in [3.63, 3.8) is 0 Å². The van der Waals surface area contributed by atoms with Crippen LogP contribution in [-0.2, 0) is 15.0 Å². The number of nitrogens with one attached hydrogen (secondary N) is 1. The first-order valence-electron chi connectivity index (χ1n) is 9.29. The van der Waals surface area contributed by atoms with Gasteiger partial charge in [0.2, 0.25) is 11.8 Å². The summed E-state index contributed by atoms with van der Waals surface area (Å²) in [5.41, 5.74) is 0.650. The Bertz CT molecular complexity index is 882. The summed E-state index contributed by atoms with van der Waals surface area (Å²) in [6.07, 6.45) is 0.143. The summed E-state index contributed by atoms with van der Waals surface area (Å²) in [7, 11) is 1.55. The summed E-state index contributed by atoms with van der Waals surface area (Å²) in [6, 6.07) is 13.8. The fourth-order valence-corrected chi connectivity index (χ4v) is 3.53. The number of methoxy groups -OCH3 is 1. The number of para-hydroxylation sites is 2. The van der Waals surface area contributed by atoms with Crippen LogP contribution in [-0.4, -0.2) is 32.0 Å². The predicted molar refractivity (Wildman–Crippen MR) is 106 cm³/mol. The van der Waals surface area contributed by atoms with Gasteiger partial charge in [0.25, 0.3) is 0 Å². The quantitative estimate of drug-likeness (QED) is 0.832. The molecule has 28 heavy (non-hydrogen) atoms. The number of halogens is 1. The van der Waals surface area contributed by atoms with Gasteiger partial charge in [0.15, 0.2) is 0 Å². The Balaban J connectivity index is 1.66. The second-order valence-corrected chi connectivity index (χ2v) is 7.66. The molecule has 1 N–H and O–H groups in total. The van der Waals surface area contributed by atoms with Crippen molar-refractivity contribution < 1.29 is 18.7 Å². The molecule has 6 heteroatoms. The highest BCUT2D eigenvalue weighted by molar-refractivity contribution is 6.01. The van der Waals surface area contributed by atoms with Gasteiger partial charge in [0, 0.05) is 24.9 Å². The molecule has 2 aromatic rings. The zero-order valence-corrected chi connectivity index (χ0v) is 16.4. The Morgan fingerprint density at radius 1 is 1.21 bits per heavy atom. The van der Waals surface area contributed by atoms with Gasteiger partial charge in [-0.05, 0) is 23.8 Å². The Morgan fingerprint density at radius 3 is 2.61 bits per heavy atom. The van der Waals surface area contributed by atoms with Crippen molar-refractivity contribution >= 4 is 17.5 Å². The zero-order chi connectivity index (χ0) is 20.3. The Hall–Kier alpha value is -2.89. The third-order valence-corrected chi connectivity index (χ3v) is 5.18. The van der Waals surface area contributed by atoms with E-state index in [1.54, 1.807) is 42.3 Å². The van der Waals surface area contributed by atoms with Gasteiger partial charge in [0.1, 0.15) is 11.6 Å². The van der Waals surface area contributed by atoms with E-state index in [1.165, 1.54) is 6.07 Å². The number of ether oxygens (including phenoxy) is 1. The van der Waals surface area contributed by atoms with Crippen LogP contribution >= 0.6 is 0 Å². The summed E-state index contributed by atoms with van der Waals surface area (Å²) < 4.78 is 19.4. The van der Waals surface area contributed by atoms with Gasteiger partial charge in [0.05, 0.1) is 18.7 Å². The minimum atomic E-state index is -0.564. The van der Waals surface area contributed by atoms with Crippen molar-refractivity contribution in [3.05, 3.63) is 59.9 Å². The van der Waals surface area contributed by atoms with Crippen LogP contribution in [0.2, 0.25) is 0 Å². The van der Waals surface area contributed by atoms with Crippen LogP contribution in [0.4, 0.5) is 10.1 Å². The molecule has 1 aliphatic heterocycles. The number of carbonyl (C=O) groups is 2. The highest BCUT2D eigenvalue weighted by Crippen LogP contribution is 2.33. The molecule has 1 saturated heterocycles. The molecular formula is C22H25FN2O3. The van der Waals surface area contributed by atoms with Gasteiger partial charge in [-0.1, -0.05) is 44.2 Å². The number of carbonyl (C=O) groups excluding carboxylic acids is 2. The summed E-state index contributed by atoms with van der Waals surface area (Å²) in [4.78, 5) is 26.7. The molecule has 0 spiro atoms. The molecule has 2 amide bonds. The van der Waals surface area contributed by atoms with Gasteiger partial charge < -0.3 is 15.0 Å². The first-order valence-corrected chi connectivity index (χ1v) is 9.29. The zero-order valence-electron chi connectivity index (χ0n) is 16.4. The van der Waals surface area contributed by atoms with E-state index < -0.39 is 11.3 Å². The fourth-order valence-electron chi connectivity index (χ4n) is 3.53. The molecule has 2 aromatic carbocycles. The first-order chi connectivity index (χ1) is 13.3. The third kappa shape index (κ3) is 4.01. The standard InChI is InChI=1S/C22H25FN2O3/c1-22(2,16-8-4-5-9-17(16)23)14-24-21(27)15-12-20(26)25(13-15)18-10-6-7-11-19(18)28-3/h4-11,15H,12-14H2,1-3H3,(H,24,27). The molecule has 1 aliphatic rings. The van der Waals surface area contributed by atoms with Crippen molar-refractivity contribution in [2.45, 2.75) is 25.7 Å². The molecule has 0 radical (unpaired) electrons. The highest BCUT2D eigenvalue weighted by Gasteiger charge is 2.37. The van der Waals surface area contributed by atoms with E-state index in [2.05, 4.69) is 5.32 Å². The lowest BCUT2D eigenvalue weighted by atomic mass is 9.84. The van der Waals surface area contributed by atoms with Crippen molar-refractivity contribution in [1.82, 2.24) is 5.32 Å². The lowest BCUT2D eigenvalue weighted by Gasteiger charge is -2.27. The van der Waals surface area contributed by atoms with E-state index in [1.807, 2.05) is 26.0 Å². The lowest BCUT2D eigenvalue weighted by Crippen LogP contribution is -2.40. The van der Waals surface area contributed by atoms with Crippen LogP contribution in [0, 0.1) is 11.7 Å². The van der Waals surface area contributed by atoms with Crippen LogP contribution in [0.1, 0.15) is 25.8 Å². The minimum absolute atomic E-state index is 0.113. The molecule has 1 unspecified atom stereocenters. The Kier molecular flexibility index (Phi) is 5.68. The van der Waals surface area contributed by atoms with E-state index in [-0.39, 0.29) is 30.6 Å². The summed E-state index contributed by atoms with van der Waals surface area (Å²) in [5, 5.41) is 2.90. The summed E-state index contributed by atoms with van der Waals surface area (Å²) in [5.74, 6) is -0.459. The maximum Gasteiger partial charge on any atom is 0.227 e. The third-order valence-electron chi connectivity index (χ3n) is 5.18. The topological polar surface area (TPSA) is 58.6 Å². The number of hydrogen-bond donors (Lipinski definition) is 1. The Morgan fingerprint density at radius 2 is 1.89 bits per heavy atom. The van der Waals surface area contributed by atoms with E-state index in [4.69, 9.17) is 4.74 Å². The number of benzene rings is 2. The molecule has 0 aliphatic carbocycles. The summed E-state index contributed by atoms with van der Waals surface area (Å²) in [6.45, 7) is 4.34. The maximum absolute atomic E-state index is 14.1. The molecule has 1 heterocycles. The smallest absolute Gasteiger partial charge is 0.227 e. The predicted octanol–water partition coefficient (Wildman–Crippen LogP) is 3.28.